The van der Waals surface area contributed by atoms with E-state index in [4.69, 9.17) is 9.47 Å². The number of carbonyl (C=O) groups is 1. The molecule has 2 saturated carbocycles. The molecule has 0 N–H and O–H groups in total. The lowest BCUT2D eigenvalue weighted by molar-refractivity contribution is -0.131. The highest BCUT2D eigenvalue weighted by molar-refractivity contribution is 5.69. The summed E-state index contributed by atoms with van der Waals surface area (Å²) in [6.07, 6.45) is 7.66. The third kappa shape index (κ3) is 3.47. The Balaban J connectivity index is 1.32. The van der Waals surface area contributed by atoms with Crippen LogP contribution in [-0.4, -0.2) is 12.1 Å². The second-order valence-electron chi connectivity index (χ2n) is 9.78. The molecule has 0 aliphatic heterocycles. The highest BCUT2D eigenvalue weighted by atomic mass is 16.5. The minimum absolute atomic E-state index is 0.246. The molecule has 0 heterocycles. The van der Waals surface area contributed by atoms with Crippen LogP contribution in [0.25, 0.3) is 0 Å². The lowest BCUT2D eigenvalue weighted by Crippen LogP contribution is -2.44. The highest BCUT2D eigenvalue weighted by Crippen LogP contribution is 2.61. The zero-order valence-corrected chi connectivity index (χ0v) is 18.1. The third-order valence-corrected chi connectivity index (χ3v) is 8.17. The van der Waals surface area contributed by atoms with E-state index < -0.39 is 0 Å². The van der Waals surface area contributed by atoms with E-state index in [0.717, 1.165) is 24.9 Å². The number of carbonyl (C=O) groups excluding carboxylic acids is 1. The highest BCUT2D eigenvalue weighted by Gasteiger charge is 2.55. The van der Waals surface area contributed by atoms with Crippen molar-refractivity contribution < 1.29 is 14.3 Å². The zero-order chi connectivity index (χ0) is 20.7. The second-order valence-corrected chi connectivity index (χ2v) is 9.78. The van der Waals surface area contributed by atoms with Gasteiger partial charge in [0.25, 0.3) is 0 Å². The van der Waals surface area contributed by atoms with Crippen LogP contribution >= 0.6 is 0 Å². The molecule has 30 heavy (non-hydrogen) atoms. The lowest BCUT2D eigenvalue weighted by atomic mass is 9.55. The summed E-state index contributed by atoms with van der Waals surface area (Å²) in [6.45, 7) is 4.69. The number of esters is 1. The van der Waals surface area contributed by atoms with E-state index >= 15 is 0 Å². The summed E-state index contributed by atoms with van der Waals surface area (Å²) in [5.41, 5.74) is 4.45. The summed E-state index contributed by atoms with van der Waals surface area (Å²) < 4.78 is 11.8. The molecule has 0 radical (unpaired) electrons. The Hall–Kier alpha value is -2.13. The second kappa shape index (κ2) is 7.85. The standard InChI is InChI=1S/C27H32O3/c1-18(28)30-21-9-11-22-20(16-21)8-10-24-23(22)14-15-27(2)25(24)12-13-26(27)29-17-19-6-4-3-5-7-19/h3-7,9,11,16,23-26H,8,10,12-15,17H2,1-2H3/t23-,24-,25+,26+,27+/m1/s1. The molecule has 0 amide bonds. The molecule has 2 aromatic rings. The molecule has 0 bridgehead atoms. The fourth-order valence-electron chi connectivity index (χ4n) is 6.78. The van der Waals surface area contributed by atoms with Crippen molar-refractivity contribution in [1.29, 1.82) is 0 Å². The van der Waals surface area contributed by atoms with Gasteiger partial charge in [-0.05, 0) is 90.5 Å². The quantitative estimate of drug-likeness (QED) is 0.459. The van der Waals surface area contributed by atoms with Gasteiger partial charge in [-0.3, -0.25) is 4.79 Å². The topological polar surface area (TPSA) is 35.5 Å². The smallest absolute Gasteiger partial charge is 0.308 e. The Kier molecular flexibility index (Phi) is 5.18. The minimum atomic E-state index is -0.246. The van der Waals surface area contributed by atoms with Gasteiger partial charge < -0.3 is 9.47 Å². The number of hydrogen-bond acceptors (Lipinski definition) is 3. The first kappa shape index (κ1) is 19.8. The van der Waals surface area contributed by atoms with Crippen LogP contribution in [0.3, 0.4) is 0 Å². The zero-order valence-electron chi connectivity index (χ0n) is 18.1. The van der Waals surface area contributed by atoms with Crippen molar-refractivity contribution in [3.8, 4) is 5.75 Å². The summed E-state index contributed by atoms with van der Waals surface area (Å²) in [7, 11) is 0. The molecule has 0 spiro atoms. The van der Waals surface area contributed by atoms with Crippen molar-refractivity contribution in [1.82, 2.24) is 0 Å². The first-order chi connectivity index (χ1) is 14.5. The normalized spacial score (nSPS) is 32.1. The largest absolute Gasteiger partial charge is 0.427 e. The summed E-state index contributed by atoms with van der Waals surface area (Å²) in [5, 5.41) is 0. The number of fused-ring (bicyclic) bond motifs is 5. The van der Waals surface area contributed by atoms with E-state index in [1.54, 1.807) is 0 Å². The summed E-state index contributed by atoms with van der Waals surface area (Å²) in [4.78, 5) is 11.3. The van der Waals surface area contributed by atoms with E-state index in [9.17, 15) is 4.79 Å². The summed E-state index contributed by atoms with van der Waals surface area (Å²) in [6, 6.07) is 16.9. The Labute approximate surface area is 179 Å². The van der Waals surface area contributed by atoms with Crippen LogP contribution in [0.2, 0.25) is 0 Å². The number of rotatable bonds is 4. The van der Waals surface area contributed by atoms with Gasteiger partial charge in [0, 0.05) is 6.92 Å². The molecule has 0 aromatic heterocycles. The molecular weight excluding hydrogens is 372 g/mol. The average molecular weight is 405 g/mol. The monoisotopic (exact) mass is 404 g/mol. The predicted molar refractivity (Wildman–Crippen MR) is 117 cm³/mol. The number of hydrogen-bond donors (Lipinski definition) is 0. The Morgan fingerprint density at radius 2 is 1.90 bits per heavy atom. The average Bonchev–Trinajstić information content (AvgIpc) is 3.08. The van der Waals surface area contributed by atoms with Crippen molar-refractivity contribution in [2.24, 2.45) is 17.3 Å². The molecule has 3 aliphatic carbocycles. The minimum Gasteiger partial charge on any atom is -0.427 e. The molecule has 3 nitrogen and oxygen atoms in total. The Bertz CT molecular complexity index is 921. The van der Waals surface area contributed by atoms with E-state index in [1.165, 1.54) is 55.7 Å². The van der Waals surface area contributed by atoms with Gasteiger partial charge in [0.1, 0.15) is 5.75 Å². The van der Waals surface area contributed by atoms with Gasteiger partial charge in [-0.1, -0.05) is 43.3 Å². The van der Waals surface area contributed by atoms with Gasteiger partial charge in [0.05, 0.1) is 12.7 Å². The van der Waals surface area contributed by atoms with Crippen LogP contribution in [0, 0.1) is 17.3 Å². The van der Waals surface area contributed by atoms with E-state index in [-0.39, 0.29) is 5.97 Å². The van der Waals surface area contributed by atoms with Crippen LogP contribution < -0.4 is 4.74 Å². The molecule has 2 aromatic carbocycles. The van der Waals surface area contributed by atoms with E-state index in [2.05, 4.69) is 49.4 Å². The van der Waals surface area contributed by atoms with Gasteiger partial charge >= 0.3 is 5.97 Å². The number of benzene rings is 2. The van der Waals surface area contributed by atoms with Crippen molar-refractivity contribution in [3.63, 3.8) is 0 Å². The van der Waals surface area contributed by atoms with Crippen molar-refractivity contribution in [3.05, 3.63) is 65.2 Å². The van der Waals surface area contributed by atoms with Gasteiger partial charge in [-0.2, -0.15) is 0 Å². The Morgan fingerprint density at radius 3 is 2.70 bits per heavy atom. The molecule has 0 saturated heterocycles. The third-order valence-electron chi connectivity index (χ3n) is 8.17. The molecule has 3 aliphatic rings. The molecule has 5 atom stereocenters. The SMILES string of the molecule is CC(=O)Oc1ccc2c(c1)CC[C@@H]1[C@@H]2CC[C@]2(C)[C@@H](OCc3ccccc3)CC[C@@H]12. The van der Waals surface area contributed by atoms with Crippen molar-refractivity contribution in [2.75, 3.05) is 0 Å². The lowest BCUT2D eigenvalue weighted by Gasteiger charge is -2.50. The molecule has 0 unspecified atom stereocenters. The van der Waals surface area contributed by atoms with Crippen LogP contribution in [0.15, 0.2) is 48.5 Å². The fraction of sp³-hybridized carbons (Fsp3) is 0.519. The molecule has 2 fully saturated rings. The first-order valence-corrected chi connectivity index (χ1v) is 11.5. The van der Waals surface area contributed by atoms with Crippen LogP contribution in [-0.2, 0) is 22.6 Å². The van der Waals surface area contributed by atoms with Crippen LogP contribution in [0.4, 0.5) is 0 Å². The van der Waals surface area contributed by atoms with Gasteiger partial charge in [-0.25, -0.2) is 0 Å². The maximum absolute atomic E-state index is 11.3. The van der Waals surface area contributed by atoms with Crippen LogP contribution in [0.1, 0.15) is 68.6 Å². The van der Waals surface area contributed by atoms with Crippen LogP contribution in [0.5, 0.6) is 5.75 Å². The maximum Gasteiger partial charge on any atom is 0.308 e. The van der Waals surface area contributed by atoms with Crippen molar-refractivity contribution in [2.45, 2.75) is 71.0 Å². The Morgan fingerprint density at radius 1 is 1.07 bits per heavy atom. The number of aryl methyl sites for hydroxylation is 1. The van der Waals surface area contributed by atoms with Gasteiger partial charge in [0.2, 0.25) is 0 Å². The van der Waals surface area contributed by atoms with Gasteiger partial charge in [-0.15, -0.1) is 0 Å². The summed E-state index contributed by atoms with van der Waals surface area (Å²) >= 11 is 0. The van der Waals surface area contributed by atoms with E-state index in [0.29, 0.717) is 23.2 Å². The van der Waals surface area contributed by atoms with Gasteiger partial charge in [0.15, 0.2) is 0 Å². The molecule has 5 rings (SSSR count). The molecular formula is C27H32O3. The maximum atomic E-state index is 11.3. The predicted octanol–water partition coefficient (Wildman–Crippen LogP) is 6.05. The fourth-order valence-corrected chi connectivity index (χ4v) is 6.78. The van der Waals surface area contributed by atoms with E-state index in [1.807, 2.05) is 6.07 Å². The first-order valence-electron chi connectivity index (χ1n) is 11.5. The molecule has 3 heteroatoms. The summed E-state index contributed by atoms with van der Waals surface area (Å²) in [5.74, 6) is 2.59. The van der Waals surface area contributed by atoms with Crippen molar-refractivity contribution >= 4 is 5.97 Å². The molecule has 158 valence electrons. The number of ether oxygens (including phenoxy) is 2.